The van der Waals surface area contributed by atoms with E-state index in [0.717, 1.165) is 12.8 Å². The van der Waals surface area contributed by atoms with Gasteiger partial charge in [0, 0.05) is 23.1 Å². The maximum atomic E-state index is 11.1. The van der Waals surface area contributed by atoms with Crippen LogP contribution in [0.25, 0.3) is 0 Å². The Morgan fingerprint density at radius 3 is 2.59 bits per heavy atom. The van der Waals surface area contributed by atoms with Gasteiger partial charge < -0.3 is 4.74 Å². The van der Waals surface area contributed by atoms with Gasteiger partial charge in [0.15, 0.2) is 0 Å². The van der Waals surface area contributed by atoms with E-state index in [4.69, 9.17) is 4.74 Å². The highest BCUT2D eigenvalue weighted by Crippen LogP contribution is 2.40. The second-order valence-electron chi connectivity index (χ2n) is 6.09. The number of ether oxygens (including phenoxy) is 1. The van der Waals surface area contributed by atoms with Crippen molar-refractivity contribution in [2.45, 2.75) is 51.6 Å². The van der Waals surface area contributed by atoms with Gasteiger partial charge in [0.2, 0.25) is 0 Å². The molecule has 1 fully saturated rings. The molecule has 0 bridgehead atoms. The Labute approximate surface area is 105 Å². The highest BCUT2D eigenvalue weighted by molar-refractivity contribution is 5.81. The van der Waals surface area contributed by atoms with Crippen LogP contribution in [0.1, 0.15) is 40.5 Å². The molecule has 1 aliphatic heterocycles. The topological polar surface area (TPSA) is 29.5 Å². The number of carbonyl (C=O) groups is 1. The predicted molar refractivity (Wildman–Crippen MR) is 69.8 cm³/mol. The van der Waals surface area contributed by atoms with Gasteiger partial charge in [-0.1, -0.05) is 6.58 Å². The van der Waals surface area contributed by atoms with Crippen molar-refractivity contribution in [1.29, 1.82) is 0 Å². The number of nitrogens with zero attached hydrogens (tertiary/aromatic N) is 1. The lowest BCUT2D eigenvalue weighted by Gasteiger charge is -2.54. The molecule has 0 N–H and O–H groups in total. The Morgan fingerprint density at radius 1 is 1.47 bits per heavy atom. The van der Waals surface area contributed by atoms with E-state index >= 15 is 0 Å². The van der Waals surface area contributed by atoms with Crippen molar-refractivity contribution in [3.63, 3.8) is 0 Å². The maximum Gasteiger partial charge on any atom is 0.330 e. The lowest BCUT2D eigenvalue weighted by Crippen LogP contribution is -2.61. The summed E-state index contributed by atoms with van der Waals surface area (Å²) in [5, 5.41) is 0. The fourth-order valence-corrected chi connectivity index (χ4v) is 2.63. The van der Waals surface area contributed by atoms with Crippen LogP contribution in [0.3, 0.4) is 0 Å². The summed E-state index contributed by atoms with van der Waals surface area (Å²) in [4.78, 5) is 13.5. The SMILES string of the molecule is C=CC(=O)OCC1CCC(C)(C)N(C)C1(C)C. The summed E-state index contributed by atoms with van der Waals surface area (Å²) in [6.45, 7) is 12.9. The van der Waals surface area contributed by atoms with E-state index in [1.54, 1.807) is 0 Å². The highest BCUT2D eigenvalue weighted by Gasteiger charge is 2.45. The summed E-state index contributed by atoms with van der Waals surface area (Å²) >= 11 is 0. The zero-order chi connectivity index (χ0) is 13.3. The number of rotatable bonds is 3. The molecule has 3 heteroatoms. The van der Waals surface area contributed by atoms with Crippen molar-refractivity contribution in [2.24, 2.45) is 5.92 Å². The molecule has 0 spiro atoms. The maximum absolute atomic E-state index is 11.1. The Morgan fingerprint density at radius 2 is 2.06 bits per heavy atom. The molecule has 1 aliphatic rings. The first-order chi connectivity index (χ1) is 7.71. The lowest BCUT2D eigenvalue weighted by molar-refractivity contribution is -0.143. The summed E-state index contributed by atoms with van der Waals surface area (Å²) in [7, 11) is 2.15. The summed E-state index contributed by atoms with van der Waals surface area (Å²) in [5.74, 6) is 0.0534. The minimum Gasteiger partial charge on any atom is -0.462 e. The van der Waals surface area contributed by atoms with E-state index in [2.05, 4.69) is 46.2 Å². The number of esters is 1. The number of piperidine rings is 1. The van der Waals surface area contributed by atoms with Crippen LogP contribution in [0, 0.1) is 5.92 Å². The summed E-state index contributed by atoms with van der Waals surface area (Å²) in [6.07, 6.45) is 3.45. The molecule has 3 nitrogen and oxygen atoms in total. The molecule has 1 unspecified atom stereocenters. The molecule has 0 saturated carbocycles. The first-order valence-corrected chi connectivity index (χ1v) is 6.25. The second-order valence-corrected chi connectivity index (χ2v) is 6.09. The van der Waals surface area contributed by atoms with Crippen molar-refractivity contribution >= 4 is 5.97 Å². The van der Waals surface area contributed by atoms with Gasteiger partial charge in [-0.3, -0.25) is 4.90 Å². The van der Waals surface area contributed by atoms with Crippen molar-refractivity contribution in [3.05, 3.63) is 12.7 Å². The van der Waals surface area contributed by atoms with Gasteiger partial charge in [-0.05, 0) is 47.6 Å². The average molecular weight is 239 g/mol. The number of hydrogen-bond donors (Lipinski definition) is 0. The standard InChI is InChI=1S/C14H25NO2/c1-7-12(16)17-10-11-8-9-13(2,3)15(6)14(11,4)5/h7,11H,1,8-10H2,2-6H3. The molecule has 0 radical (unpaired) electrons. The zero-order valence-corrected chi connectivity index (χ0v) is 11.7. The zero-order valence-electron chi connectivity index (χ0n) is 11.7. The third-order valence-corrected chi connectivity index (χ3v) is 4.47. The fraction of sp³-hybridized carbons (Fsp3) is 0.786. The third-order valence-electron chi connectivity index (χ3n) is 4.47. The minimum atomic E-state index is -0.326. The molecule has 1 heterocycles. The van der Waals surface area contributed by atoms with Crippen LogP contribution in [-0.4, -0.2) is 35.6 Å². The van der Waals surface area contributed by atoms with Crippen molar-refractivity contribution in [2.75, 3.05) is 13.7 Å². The van der Waals surface area contributed by atoms with E-state index in [1.165, 1.54) is 6.08 Å². The van der Waals surface area contributed by atoms with Gasteiger partial charge in [0.25, 0.3) is 0 Å². The number of hydrogen-bond acceptors (Lipinski definition) is 3. The molecule has 0 aliphatic carbocycles. The molecule has 1 atom stereocenters. The highest BCUT2D eigenvalue weighted by atomic mass is 16.5. The van der Waals surface area contributed by atoms with Crippen LogP contribution in [0.2, 0.25) is 0 Å². The first-order valence-electron chi connectivity index (χ1n) is 6.25. The monoisotopic (exact) mass is 239 g/mol. The first kappa shape index (κ1) is 14.2. The Balaban J connectivity index is 2.69. The molecule has 17 heavy (non-hydrogen) atoms. The molecular weight excluding hydrogens is 214 g/mol. The van der Waals surface area contributed by atoms with Gasteiger partial charge in [0.1, 0.15) is 0 Å². The van der Waals surface area contributed by atoms with Gasteiger partial charge in [-0.25, -0.2) is 4.79 Å². The van der Waals surface area contributed by atoms with Crippen molar-refractivity contribution in [1.82, 2.24) is 4.90 Å². The molecule has 0 aromatic rings. The average Bonchev–Trinajstić information content (AvgIpc) is 2.25. The van der Waals surface area contributed by atoms with Crippen LogP contribution < -0.4 is 0 Å². The van der Waals surface area contributed by atoms with Crippen LogP contribution in [-0.2, 0) is 9.53 Å². The Bertz CT molecular complexity index is 307. The van der Waals surface area contributed by atoms with Crippen molar-refractivity contribution in [3.8, 4) is 0 Å². The Kier molecular flexibility index (Phi) is 4.03. The van der Waals surface area contributed by atoms with E-state index in [0.29, 0.717) is 12.5 Å². The van der Waals surface area contributed by atoms with E-state index in [-0.39, 0.29) is 17.0 Å². The lowest BCUT2D eigenvalue weighted by atomic mass is 9.73. The van der Waals surface area contributed by atoms with E-state index < -0.39 is 0 Å². The van der Waals surface area contributed by atoms with Crippen molar-refractivity contribution < 1.29 is 9.53 Å². The minimum absolute atomic E-state index is 0.0448. The predicted octanol–water partition coefficient (Wildman–Crippen LogP) is 2.61. The molecular formula is C14H25NO2. The number of carbonyl (C=O) groups excluding carboxylic acids is 1. The van der Waals surface area contributed by atoms with Crippen LogP contribution in [0.5, 0.6) is 0 Å². The van der Waals surface area contributed by atoms with Crippen LogP contribution in [0.4, 0.5) is 0 Å². The summed E-state index contributed by atoms with van der Waals surface area (Å²) in [6, 6.07) is 0. The Hall–Kier alpha value is -0.830. The normalized spacial score (nSPS) is 27.5. The molecule has 1 rings (SSSR count). The van der Waals surface area contributed by atoms with Gasteiger partial charge in [-0.2, -0.15) is 0 Å². The summed E-state index contributed by atoms with van der Waals surface area (Å²) in [5.41, 5.74) is 0.256. The van der Waals surface area contributed by atoms with Crippen LogP contribution >= 0.6 is 0 Å². The molecule has 0 amide bonds. The molecule has 1 saturated heterocycles. The smallest absolute Gasteiger partial charge is 0.330 e. The van der Waals surface area contributed by atoms with Gasteiger partial charge in [0.05, 0.1) is 6.61 Å². The largest absolute Gasteiger partial charge is 0.462 e. The third kappa shape index (κ3) is 2.89. The fourth-order valence-electron chi connectivity index (χ4n) is 2.63. The molecule has 0 aromatic heterocycles. The molecule has 0 aromatic carbocycles. The van der Waals surface area contributed by atoms with E-state index in [1.807, 2.05) is 0 Å². The van der Waals surface area contributed by atoms with Crippen LogP contribution in [0.15, 0.2) is 12.7 Å². The van der Waals surface area contributed by atoms with Gasteiger partial charge >= 0.3 is 5.97 Å². The van der Waals surface area contributed by atoms with E-state index in [9.17, 15) is 4.79 Å². The quantitative estimate of drug-likeness (QED) is 0.560. The number of likely N-dealkylation sites (tertiary alicyclic amines) is 1. The molecule has 98 valence electrons. The summed E-state index contributed by atoms with van der Waals surface area (Å²) < 4.78 is 5.20. The second kappa shape index (κ2) is 4.81. The van der Waals surface area contributed by atoms with Gasteiger partial charge in [-0.15, -0.1) is 0 Å².